The number of halogens is 1. The van der Waals surface area contributed by atoms with E-state index in [-0.39, 0.29) is 34.8 Å². The topological polar surface area (TPSA) is 242 Å². The molecule has 0 amide bonds. The van der Waals surface area contributed by atoms with Crippen molar-refractivity contribution in [3.05, 3.63) is 123 Å². The summed E-state index contributed by atoms with van der Waals surface area (Å²) in [6.45, 7) is 0. The van der Waals surface area contributed by atoms with Crippen LogP contribution in [-0.2, 0) is 49.6 Å². The quantitative estimate of drug-likeness (QED) is 0.128. The van der Waals surface area contributed by atoms with Crippen molar-refractivity contribution in [2.45, 2.75) is 11.3 Å². The standard InChI is InChI=1S/C33H23ClN2O7S.2O3S/c1-36-25-13-12-24(35-20-11-14-26(44(41,42)43)19(15-20)16-21(37)17-34)28-29(25)27(22-9-5-6-10-23(22)32(28)39)30(33(36)40)31(38)18-7-3-2-4-8-18;2*1-4(2)3/h2-15,35H,16-17H2,1H3,(H,41,42,43);;. The van der Waals surface area contributed by atoms with Gasteiger partial charge in [-0.1, -0.05) is 54.6 Å². The molecular formula is C33H23ClN2O13S3. The predicted octanol–water partition coefficient (Wildman–Crippen LogP) is 3.31. The van der Waals surface area contributed by atoms with Crippen LogP contribution >= 0.6 is 11.6 Å². The van der Waals surface area contributed by atoms with Gasteiger partial charge in [-0.2, -0.15) is 8.42 Å². The number of Topliss-reactive ketones (excluding diaryl/α,β-unsaturated/α-hetero) is 1. The van der Waals surface area contributed by atoms with E-state index in [1.165, 1.54) is 16.7 Å². The molecule has 0 fully saturated rings. The Kier molecular flexibility index (Phi) is 12.1. The van der Waals surface area contributed by atoms with E-state index in [4.69, 9.17) is 36.9 Å². The lowest BCUT2D eigenvalue weighted by atomic mass is 9.80. The van der Waals surface area contributed by atoms with Gasteiger partial charge in [0.25, 0.3) is 15.7 Å². The first-order valence-electron chi connectivity index (χ1n) is 14.4. The van der Waals surface area contributed by atoms with E-state index in [2.05, 4.69) is 5.32 Å². The number of nitrogens with zero attached hydrogens (tertiary/aromatic N) is 1. The van der Waals surface area contributed by atoms with Gasteiger partial charge >= 0.3 is 21.2 Å². The minimum absolute atomic E-state index is 0.0214. The number of carbonyl (C=O) groups is 3. The normalized spacial score (nSPS) is 11.2. The van der Waals surface area contributed by atoms with Crippen LogP contribution in [0.3, 0.4) is 0 Å². The van der Waals surface area contributed by atoms with Gasteiger partial charge in [0.05, 0.1) is 33.1 Å². The molecule has 0 radical (unpaired) electrons. The lowest BCUT2D eigenvalue weighted by molar-refractivity contribution is -0.116. The summed E-state index contributed by atoms with van der Waals surface area (Å²) in [7, 11) is -9.32. The van der Waals surface area contributed by atoms with Crippen LogP contribution < -0.4 is 10.9 Å². The van der Waals surface area contributed by atoms with Crippen LogP contribution in [0.2, 0.25) is 0 Å². The molecular weight excluding hydrogens is 764 g/mol. The summed E-state index contributed by atoms with van der Waals surface area (Å²) in [6.07, 6.45) is -0.345. The summed E-state index contributed by atoms with van der Waals surface area (Å²) in [5, 5.41) is 3.56. The molecule has 1 aliphatic carbocycles. The van der Waals surface area contributed by atoms with E-state index >= 15 is 0 Å². The Morgan fingerprint density at radius 2 is 1.38 bits per heavy atom. The van der Waals surface area contributed by atoms with E-state index < -0.39 is 53.4 Å². The Labute approximate surface area is 302 Å². The second-order valence-electron chi connectivity index (χ2n) is 10.7. The summed E-state index contributed by atoms with van der Waals surface area (Å²) in [4.78, 5) is 53.4. The molecule has 0 saturated carbocycles. The SMILES string of the molecule is Cn1c(=O)c(C(=O)c2ccccc2)c2c3c(c(Nc4ccc(S(=O)(=O)O)c(CC(=O)CCl)c4)ccc31)C(=O)c1ccccc1-2.O=S(=O)=O.O=S(=O)=O. The second-order valence-corrected chi connectivity index (χ2v) is 13.2. The van der Waals surface area contributed by atoms with Crippen molar-refractivity contribution < 1.29 is 52.6 Å². The molecule has 1 aliphatic rings. The van der Waals surface area contributed by atoms with Gasteiger partial charge in [-0.25, -0.2) is 0 Å². The summed E-state index contributed by atoms with van der Waals surface area (Å²) in [6, 6.07) is 22.4. The van der Waals surface area contributed by atoms with Gasteiger partial charge in [0.2, 0.25) is 0 Å². The van der Waals surface area contributed by atoms with Crippen molar-refractivity contribution in [2.24, 2.45) is 7.05 Å². The Bertz CT molecular complexity index is 2660. The molecule has 0 unspecified atom stereocenters. The number of nitrogens with one attached hydrogen (secondary N) is 1. The van der Waals surface area contributed by atoms with Crippen LogP contribution in [0.5, 0.6) is 0 Å². The van der Waals surface area contributed by atoms with E-state index in [1.54, 1.807) is 73.8 Å². The molecule has 0 atom stereocenters. The number of anilines is 2. The number of fused-ring (bicyclic) bond motifs is 2. The lowest BCUT2D eigenvalue weighted by Gasteiger charge is -2.25. The van der Waals surface area contributed by atoms with Gasteiger partial charge in [0, 0.05) is 41.2 Å². The van der Waals surface area contributed by atoms with Gasteiger partial charge in [0.15, 0.2) is 17.3 Å². The van der Waals surface area contributed by atoms with E-state index in [9.17, 15) is 32.1 Å². The molecule has 0 aliphatic heterocycles. The maximum Gasteiger partial charge on any atom is 0.425 e. The molecule has 5 aromatic rings. The van der Waals surface area contributed by atoms with Crippen molar-refractivity contribution in [3.8, 4) is 11.1 Å². The largest absolute Gasteiger partial charge is 0.425 e. The number of aryl methyl sites for hydroxylation is 1. The summed E-state index contributed by atoms with van der Waals surface area (Å²) in [5.41, 5.74) is 2.19. The number of ketones is 3. The highest BCUT2D eigenvalue weighted by molar-refractivity contribution is 7.85. The monoisotopic (exact) mass is 786 g/mol. The molecule has 6 rings (SSSR count). The molecule has 4 aromatic carbocycles. The van der Waals surface area contributed by atoms with Crippen molar-refractivity contribution in [2.75, 3.05) is 11.2 Å². The smallest absolute Gasteiger partial charge is 0.355 e. The number of rotatable bonds is 8. The highest BCUT2D eigenvalue weighted by atomic mass is 35.5. The zero-order valence-corrected chi connectivity index (χ0v) is 29.6. The first kappa shape index (κ1) is 39.1. The molecule has 1 aromatic heterocycles. The zero-order chi connectivity index (χ0) is 38.5. The Balaban J connectivity index is 0.000000687. The number of benzene rings is 4. The van der Waals surface area contributed by atoms with Crippen LogP contribution in [0.1, 0.15) is 37.4 Å². The highest BCUT2D eigenvalue weighted by Gasteiger charge is 2.34. The highest BCUT2D eigenvalue weighted by Crippen LogP contribution is 2.44. The third-order valence-corrected chi connectivity index (χ3v) is 8.90. The van der Waals surface area contributed by atoms with Crippen LogP contribution in [0.4, 0.5) is 11.4 Å². The van der Waals surface area contributed by atoms with Gasteiger partial charge in [-0.05, 0) is 41.5 Å². The molecule has 0 saturated heterocycles. The number of hydrogen-bond donors (Lipinski definition) is 2. The molecule has 19 heteroatoms. The van der Waals surface area contributed by atoms with Crippen molar-refractivity contribution in [1.82, 2.24) is 4.57 Å². The van der Waals surface area contributed by atoms with Crippen LogP contribution in [0.15, 0.2) is 94.6 Å². The van der Waals surface area contributed by atoms with Gasteiger partial charge in [0.1, 0.15) is 0 Å². The van der Waals surface area contributed by atoms with E-state index in [0.29, 0.717) is 44.5 Å². The number of alkyl halides is 1. The van der Waals surface area contributed by atoms with Crippen molar-refractivity contribution in [3.63, 3.8) is 0 Å². The minimum atomic E-state index is -4.64. The second kappa shape index (κ2) is 16.1. The van der Waals surface area contributed by atoms with Gasteiger partial charge in [-0.15, -0.1) is 36.9 Å². The summed E-state index contributed by atoms with van der Waals surface area (Å²) < 4.78 is 85.7. The van der Waals surface area contributed by atoms with Gasteiger partial charge in [-0.3, -0.25) is 23.7 Å². The maximum absolute atomic E-state index is 14.1. The Hall–Kier alpha value is -5.66. The van der Waals surface area contributed by atoms with Crippen LogP contribution in [0.25, 0.3) is 22.0 Å². The number of aromatic nitrogens is 1. The fourth-order valence-corrected chi connectivity index (χ4v) is 6.48. The zero-order valence-electron chi connectivity index (χ0n) is 26.4. The predicted molar refractivity (Wildman–Crippen MR) is 186 cm³/mol. The number of hydrogen-bond acceptors (Lipinski definition) is 13. The molecule has 52 heavy (non-hydrogen) atoms. The average molecular weight is 787 g/mol. The number of carbonyl (C=O) groups excluding carboxylic acids is 3. The van der Waals surface area contributed by atoms with Crippen LogP contribution in [0, 0.1) is 0 Å². The third-order valence-electron chi connectivity index (χ3n) is 7.65. The summed E-state index contributed by atoms with van der Waals surface area (Å²) in [5.74, 6) is -1.63. The van der Waals surface area contributed by atoms with Crippen molar-refractivity contribution >= 4 is 82.6 Å². The first-order valence-corrected chi connectivity index (χ1v) is 18.4. The average Bonchev–Trinajstić information content (AvgIpc) is 3.08. The number of pyridine rings is 1. The van der Waals surface area contributed by atoms with E-state index in [1.807, 2.05) is 0 Å². The first-order chi connectivity index (χ1) is 24.5. The van der Waals surface area contributed by atoms with E-state index in [0.717, 1.165) is 6.07 Å². The fourth-order valence-electron chi connectivity index (χ4n) is 5.68. The molecule has 0 bridgehead atoms. The fraction of sp³-hybridized carbons (Fsp3) is 0.0909. The Morgan fingerprint density at radius 1 is 0.808 bits per heavy atom. The Morgan fingerprint density at radius 3 is 1.96 bits per heavy atom. The maximum atomic E-state index is 14.1. The van der Waals surface area contributed by atoms with Gasteiger partial charge < -0.3 is 9.88 Å². The van der Waals surface area contributed by atoms with Crippen molar-refractivity contribution in [1.29, 1.82) is 0 Å². The molecule has 1 heterocycles. The summed E-state index contributed by atoms with van der Waals surface area (Å²) >= 11 is 5.65. The van der Waals surface area contributed by atoms with Crippen LogP contribution in [-0.4, -0.2) is 66.0 Å². The lowest BCUT2D eigenvalue weighted by Crippen LogP contribution is -2.29. The molecule has 0 spiro atoms. The molecule has 2 N–H and O–H groups in total. The molecule has 268 valence electrons. The minimum Gasteiger partial charge on any atom is -0.355 e. The third kappa shape index (κ3) is 8.44. The molecule has 15 nitrogen and oxygen atoms in total.